The van der Waals surface area contributed by atoms with Crippen LogP contribution in [-0.2, 0) is 17.9 Å². The first kappa shape index (κ1) is 20.6. The first-order valence-electron chi connectivity index (χ1n) is 10.8. The van der Waals surface area contributed by atoms with Gasteiger partial charge in [0.2, 0.25) is 5.91 Å². The molecule has 5 rings (SSSR count). The minimum Gasteiger partial charge on any atom is -0.490 e. The predicted octanol–water partition coefficient (Wildman–Crippen LogP) is 5.28. The lowest BCUT2D eigenvalue weighted by Crippen LogP contribution is -2.24. The number of nitrogens with zero attached hydrogens (tertiary/aromatic N) is 3. The Balaban J connectivity index is 1.37. The number of hydrogen-bond donors (Lipinski definition) is 0. The summed E-state index contributed by atoms with van der Waals surface area (Å²) >= 11 is 6.23. The fourth-order valence-corrected chi connectivity index (χ4v) is 4.54. The number of carbonyl (C=O) groups is 1. The lowest BCUT2D eigenvalue weighted by molar-refractivity contribution is -0.128. The zero-order valence-electron chi connectivity index (χ0n) is 17.7. The summed E-state index contributed by atoms with van der Waals surface area (Å²) in [7, 11) is 0. The van der Waals surface area contributed by atoms with Gasteiger partial charge in [0, 0.05) is 25.4 Å². The number of hydrogen-bond acceptors (Lipinski definition) is 3. The van der Waals surface area contributed by atoms with Crippen molar-refractivity contribution in [2.75, 3.05) is 13.2 Å². The number of para-hydroxylation sites is 3. The maximum atomic E-state index is 12.8. The van der Waals surface area contributed by atoms with Crippen molar-refractivity contribution in [1.29, 1.82) is 0 Å². The largest absolute Gasteiger partial charge is 0.490 e. The summed E-state index contributed by atoms with van der Waals surface area (Å²) in [6.45, 7) is 2.39. The van der Waals surface area contributed by atoms with Crippen molar-refractivity contribution in [3.05, 3.63) is 95.3 Å². The van der Waals surface area contributed by atoms with Gasteiger partial charge in [0.05, 0.1) is 22.6 Å². The second-order valence-electron chi connectivity index (χ2n) is 8.05. The van der Waals surface area contributed by atoms with Gasteiger partial charge in [-0.05, 0) is 29.8 Å². The third-order valence-corrected chi connectivity index (χ3v) is 6.20. The van der Waals surface area contributed by atoms with E-state index in [2.05, 4.69) is 22.8 Å². The average Bonchev–Trinajstić information content (AvgIpc) is 3.36. The molecule has 1 atom stereocenters. The van der Waals surface area contributed by atoms with Crippen LogP contribution in [0.1, 0.15) is 23.7 Å². The molecular formula is C26H24ClN3O2. The van der Waals surface area contributed by atoms with Gasteiger partial charge in [0.15, 0.2) is 0 Å². The third kappa shape index (κ3) is 4.21. The molecule has 1 saturated heterocycles. The number of amides is 1. The van der Waals surface area contributed by atoms with Crippen molar-refractivity contribution < 1.29 is 9.53 Å². The van der Waals surface area contributed by atoms with Crippen LogP contribution in [0.5, 0.6) is 5.75 Å². The summed E-state index contributed by atoms with van der Waals surface area (Å²) in [5.74, 6) is 1.84. The minimum atomic E-state index is 0.0546. The lowest BCUT2D eigenvalue weighted by Gasteiger charge is -2.17. The van der Waals surface area contributed by atoms with Crippen LogP contribution >= 0.6 is 11.6 Å². The Morgan fingerprint density at radius 1 is 0.969 bits per heavy atom. The zero-order valence-corrected chi connectivity index (χ0v) is 18.4. The van der Waals surface area contributed by atoms with Crippen molar-refractivity contribution in [2.24, 2.45) is 0 Å². The molecule has 1 aliphatic rings. The molecule has 0 N–H and O–H groups in total. The Labute approximate surface area is 192 Å². The van der Waals surface area contributed by atoms with Gasteiger partial charge in [-0.3, -0.25) is 4.79 Å². The molecule has 6 heteroatoms. The molecule has 3 aromatic carbocycles. The zero-order chi connectivity index (χ0) is 21.9. The maximum Gasteiger partial charge on any atom is 0.223 e. The Hall–Kier alpha value is -3.31. The van der Waals surface area contributed by atoms with Crippen molar-refractivity contribution in [3.8, 4) is 5.75 Å². The van der Waals surface area contributed by atoms with Gasteiger partial charge in [-0.25, -0.2) is 4.98 Å². The van der Waals surface area contributed by atoms with Crippen molar-refractivity contribution in [2.45, 2.75) is 25.4 Å². The molecule has 0 radical (unpaired) electrons. The van der Waals surface area contributed by atoms with Gasteiger partial charge in [-0.1, -0.05) is 66.2 Å². The van der Waals surface area contributed by atoms with Gasteiger partial charge in [0.25, 0.3) is 0 Å². The maximum absolute atomic E-state index is 12.8. The number of ether oxygens (including phenoxy) is 1. The second-order valence-corrected chi connectivity index (χ2v) is 8.46. The van der Waals surface area contributed by atoms with Crippen LogP contribution in [0, 0.1) is 0 Å². The quantitative estimate of drug-likeness (QED) is 0.388. The molecule has 1 aromatic heterocycles. The average molecular weight is 446 g/mol. The van der Waals surface area contributed by atoms with Crippen LogP contribution in [0.2, 0.25) is 5.02 Å². The van der Waals surface area contributed by atoms with Crippen LogP contribution < -0.4 is 4.74 Å². The molecule has 5 nitrogen and oxygen atoms in total. The molecule has 1 aliphatic heterocycles. The summed E-state index contributed by atoms with van der Waals surface area (Å²) in [6, 6.07) is 25.7. The highest BCUT2D eigenvalue weighted by Crippen LogP contribution is 2.31. The Kier molecular flexibility index (Phi) is 5.82. The van der Waals surface area contributed by atoms with E-state index in [4.69, 9.17) is 21.3 Å². The standard InChI is InChI=1S/C26H24ClN3O2/c27-21-10-4-7-13-24(21)32-15-14-30-23-12-6-5-11-22(23)28-26(30)20-16-25(31)29(18-20)17-19-8-2-1-3-9-19/h1-13,20H,14-18H2. The van der Waals surface area contributed by atoms with Crippen LogP contribution in [-0.4, -0.2) is 33.5 Å². The molecule has 1 fully saturated rings. The van der Waals surface area contributed by atoms with E-state index in [1.165, 1.54) is 0 Å². The summed E-state index contributed by atoms with van der Waals surface area (Å²) in [4.78, 5) is 19.6. The fraction of sp³-hybridized carbons (Fsp3) is 0.231. The van der Waals surface area contributed by atoms with Crippen LogP contribution in [0.3, 0.4) is 0 Å². The molecule has 0 saturated carbocycles. The van der Waals surface area contributed by atoms with Gasteiger partial charge in [-0.2, -0.15) is 0 Å². The number of benzene rings is 3. The normalized spacial score (nSPS) is 16.1. The van der Waals surface area contributed by atoms with Crippen molar-refractivity contribution >= 4 is 28.5 Å². The molecule has 0 bridgehead atoms. The number of fused-ring (bicyclic) bond motifs is 1. The molecule has 1 amide bonds. The van der Waals surface area contributed by atoms with Gasteiger partial charge in [-0.15, -0.1) is 0 Å². The molecule has 0 spiro atoms. The van der Waals surface area contributed by atoms with Crippen molar-refractivity contribution in [1.82, 2.24) is 14.5 Å². The van der Waals surface area contributed by atoms with E-state index in [1.807, 2.05) is 65.6 Å². The van der Waals surface area contributed by atoms with Crippen LogP contribution in [0.15, 0.2) is 78.9 Å². The Morgan fingerprint density at radius 2 is 1.72 bits per heavy atom. The first-order chi connectivity index (χ1) is 15.7. The van der Waals surface area contributed by atoms with E-state index < -0.39 is 0 Å². The summed E-state index contributed by atoms with van der Waals surface area (Å²) in [5.41, 5.74) is 3.14. The van der Waals surface area contributed by atoms with Gasteiger partial charge >= 0.3 is 0 Å². The monoisotopic (exact) mass is 445 g/mol. The molecule has 0 aliphatic carbocycles. The predicted molar refractivity (Wildman–Crippen MR) is 126 cm³/mol. The van der Waals surface area contributed by atoms with Crippen LogP contribution in [0.4, 0.5) is 0 Å². The summed E-state index contributed by atoms with van der Waals surface area (Å²) in [5, 5.41) is 0.598. The number of halogens is 1. The Bertz CT molecular complexity index is 1240. The number of carbonyl (C=O) groups excluding carboxylic acids is 1. The van der Waals surface area contributed by atoms with Gasteiger partial charge < -0.3 is 14.2 Å². The lowest BCUT2D eigenvalue weighted by atomic mass is 10.1. The van der Waals surface area contributed by atoms with E-state index in [0.717, 1.165) is 22.4 Å². The molecule has 32 heavy (non-hydrogen) atoms. The second kappa shape index (κ2) is 9.05. The minimum absolute atomic E-state index is 0.0546. The molecule has 1 unspecified atom stereocenters. The number of aromatic nitrogens is 2. The Morgan fingerprint density at radius 3 is 2.56 bits per heavy atom. The summed E-state index contributed by atoms with van der Waals surface area (Å²) < 4.78 is 8.13. The number of rotatable bonds is 7. The highest BCUT2D eigenvalue weighted by molar-refractivity contribution is 6.32. The highest BCUT2D eigenvalue weighted by atomic mass is 35.5. The molecule has 4 aromatic rings. The molecule has 2 heterocycles. The van der Waals surface area contributed by atoms with E-state index in [9.17, 15) is 4.79 Å². The molecule has 162 valence electrons. The third-order valence-electron chi connectivity index (χ3n) is 5.89. The van der Waals surface area contributed by atoms with Gasteiger partial charge in [0.1, 0.15) is 18.2 Å². The van der Waals surface area contributed by atoms with E-state index >= 15 is 0 Å². The topological polar surface area (TPSA) is 47.4 Å². The summed E-state index contributed by atoms with van der Waals surface area (Å²) in [6.07, 6.45) is 0.474. The van der Waals surface area contributed by atoms with Crippen molar-refractivity contribution in [3.63, 3.8) is 0 Å². The number of likely N-dealkylation sites (tertiary alicyclic amines) is 1. The smallest absolute Gasteiger partial charge is 0.223 e. The molecular weight excluding hydrogens is 422 g/mol. The number of imidazole rings is 1. The van der Waals surface area contributed by atoms with E-state index in [1.54, 1.807) is 0 Å². The van der Waals surface area contributed by atoms with E-state index in [-0.39, 0.29) is 11.8 Å². The van der Waals surface area contributed by atoms with E-state index in [0.29, 0.717) is 43.4 Å². The fourth-order valence-electron chi connectivity index (χ4n) is 4.35. The highest BCUT2D eigenvalue weighted by Gasteiger charge is 2.34. The first-order valence-corrected chi connectivity index (χ1v) is 11.2. The van der Waals surface area contributed by atoms with Crippen LogP contribution in [0.25, 0.3) is 11.0 Å². The SMILES string of the molecule is O=C1CC(c2nc3ccccc3n2CCOc2ccccc2Cl)CN1Cc1ccccc1.